The van der Waals surface area contributed by atoms with Crippen LogP contribution in [0.4, 0.5) is 10.5 Å². The zero-order chi connectivity index (χ0) is 23.7. The second-order valence-electron chi connectivity index (χ2n) is 8.61. The van der Waals surface area contributed by atoms with Crippen LogP contribution in [0.1, 0.15) is 20.8 Å². The molecular formula is C25H33N3O4S. The normalized spacial score (nSPS) is 11.5. The van der Waals surface area contributed by atoms with E-state index in [-0.39, 0.29) is 0 Å². The number of rotatable bonds is 11. The first-order valence-corrected chi connectivity index (χ1v) is 11.9. The Morgan fingerprint density at radius 2 is 1.70 bits per heavy atom. The summed E-state index contributed by atoms with van der Waals surface area (Å²) < 4.78 is 17.5. The summed E-state index contributed by atoms with van der Waals surface area (Å²) in [6.45, 7) is 8.70. The summed E-state index contributed by atoms with van der Waals surface area (Å²) in [7, 11) is 2.05. The zero-order valence-electron chi connectivity index (χ0n) is 19.8. The highest BCUT2D eigenvalue weighted by Crippen LogP contribution is 2.30. The number of likely N-dealkylation sites (N-methyl/N-ethyl adjacent to an activating group) is 1. The van der Waals surface area contributed by atoms with Crippen LogP contribution in [0.25, 0.3) is 20.8 Å². The highest BCUT2D eigenvalue weighted by atomic mass is 32.1. The second-order valence-corrected chi connectivity index (χ2v) is 9.64. The van der Waals surface area contributed by atoms with E-state index in [4.69, 9.17) is 19.2 Å². The number of alkyl carbamates (subject to hydrolysis) is 1. The number of carbonyl (C=O) groups excluding carboxylic acids is 1. The number of thiazole rings is 1. The third-order valence-corrected chi connectivity index (χ3v) is 5.79. The minimum atomic E-state index is -0.496. The van der Waals surface area contributed by atoms with Gasteiger partial charge in [-0.15, -0.1) is 11.3 Å². The summed E-state index contributed by atoms with van der Waals surface area (Å²) in [4.78, 5) is 18.4. The van der Waals surface area contributed by atoms with Gasteiger partial charge in [0.1, 0.15) is 10.6 Å². The predicted octanol–water partition coefficient (Wildman–Crippen LogP) is 4.96. The fraction of sp³-hybridized carbons (Fsp3) is 0.440. The van der Waals surface area contributed by atoms with Crippen molar-refractivity contribution < 1.29 is 19.0 Å². The number of benzene rings is 2. The van der Waals surface area contributed by atoms with E-state index in [0.717, 1.165) is 28.3 Å². The van der Waals surface area contributed by atoms with Crippen LogP contribution in [0.5, 0.6) is 0 Å². The number of para-hydroxylation sites is 1. The zero-order valence-corrected chi connectivity index (χ0v) is 20.6. The van der Waals surface area contributed by atoms with Gasteiger partial charge in [0.2, 0.25) is 0 Å². The molecule has 3 rings (SSSR count). The molecule has 2 aromatic carbocycles. The Bertz CT molecular complexity index is 981. The molecule has 1 N–H and O–H groups in total. The van der Waals surface area contributed by atoms with E-state index in [1.54, 1.807) is 11.3 Å². The summed E-state index contributed by atoms with van der Waals surface area (Å²) in [6, 6.07) is 16.7. The lowest BCUT2D eigenvalue weighted by molar-refractivity contribution is 0.0411. The minimum absolute atomic E-state index is 0.407. The largest absolute Gasteiger partial charge is 0.444 e. The lowest BCUT2D eigenvalue weighted by Gasteiger charge is -2.20. The van der Waals surface area contributed by atoms with Gasteiger partial charge >= 0.3 is 6.09 Å². The van der Waals surface area contributed by atoms with Gasteiger partial charge in [-0.2, -0.15) is 0 Å². The molecule has 8 heteroatoms. The van der Waals surface area contributed by atoms with E-state index in [2.05, 4.69) is 47.6 Å². The standard InChI is InChI=1S/C25H33N3O4S/c1-25(2,3)32-24(29)26-13-15-30-17-18-31-16-14-28(4)20-11-9-19(10-12-20)23-27-21-7-5-6-8-22(21)33-23/h5-12H,13-18H2,1-4H3,(H,26,29). The quantitative estimate of drug-likeness (QED) is 0.399. The molecule has 0 unspecified atom stereocenters. The predicted molar refractivity (Wildman–Crippen MR) is 134 cm³/mol. The van der Waals surface area contributed by atoms with Crippen molar-refractivity contribution in [1.82, 2.24) is 10.3 Å². The summed E-state index contributed by atoms with van der Waals surface area (Å²) in [5, 5.41) is 3.70. The number of amides is 1. The lowest BCUT2D eigenvalue weighted by Crippen LogP contribution is -2.34. The molecule has 0 radical (unpaired) electrons. The van der Waals surface area contributed by atoms with Crippen LogP contribution in [-0.2, 0) is 14.2 Å². The molecule has 7 nitrogen and oxygen atoms in total. The highest BCUT2D eigenvalue weighted by molar-refractivity contribution is 7.21. The molecule has 0 fully saturated rings. The molecule has 0 atom stereocenters. The monoisotopic (exact) mass is 471 g/mol. The van der Waals surface area contributed by atoms with Gasteiger partial charge in [0.25, 0.3) is 0 Å². The van der Waals surface area contributed by atoms with Crippen molar-refractivity contribution >= 4 is 33.3 Å². The average Bonchev–Trinajstić information content (AvgIpc) is 3.21. The lowest BCUT2D eigenvalue weighted by atomic mass is 10.2. The fourth-order valence-electron chi connectivity index (χ4n) is 3.05. The van der Waals surface area contributed by atoms with E-state index >= 15 is 0 Å². The van der Waals surface area contributed by atoms with Crippen molar-refractivity contribution in [3.63, 3.8) is 0 Å². The van der Waals surface area contributed by atoms with Crippen LogP contribution in [0.3, 0.4) is 0 Å². The first kappa shape index (κ1) is 25.0. The van der Waals surface area contributed by atoms with Crippen molar-refractivity contribution in [1.29, 1.82) is 0 Å². The minimum Gasteiger partial charge on any atom is -0.444 e. The SMILES string of the molecule is CN(CCOCCOCCNC(=O)OC(C)(C)C)c1ccc(-c2nc3ccccc3s2)cc1. The van der Waals surface area contributed by atoms with Crippen molar-refractivity contribution in [3.05, 3.63) is 48.5 Å². The smallest absolute Gasteiger partial charge is 0.407 e. The molecule has 0 aliphatic rings. The van der Waals surface area contributed by atoms with Crippen LogP contribution in [0.2, 0.25) is 0 Å². The Kier molecular flexibility index (Phi) is 9.05. The number of ether oxygens (including phenoxy) is 3. The Morgan fingerprint density at radius 3 is 2.39 bits per heavy atom. The topological polar surface area (TPSA) is 72.9 Å². The van der Waals surface area contributed by atoms with Gasteiger partial charge in [0, 0.05) is 31.4 Å². The van der Waals surface area contributed by atoms with Crippen LogP contribution < -0.4 is 10.2 Å². The second kappa shape index (κ2) is 12.0. The van der Waals surface area contributed by atoms with E-state index in [1.807, 2.05) is 39.0 Å². The molecule has 0 spiro atoms. The fourth-order valence-corrected chi connectivity index (χ4v) is 4.02. The highest BCUT2D eigenvalue weighted by Gasteiger charge is 2.15. The first-order chi connectivity index (χ1) is 15.8. The number of aromatic nitrogens is 1. The van der Waals surface area contributed by atoms with Gasteiger partial charge in [-0.1, -0.05) is 12.1 Å². The maximum absolute atomic E-state index is 11.5. The third kappa shape index (κ3) is 8.31. The number of fused-ring (bicyclic) bond motifs is 1. The summed E-state index contributed by atoms with van der Waals surface area (Å²) in [5.41, 5.74) is 2.81. The molecule has 178 valence electrons. The molecule has 33 heavy (non-hydrogen) atoms. The van der Waals surface area contributed by atoms with E-state index in [1.165, 1.54) is 4.70 Å². The first-order valence-electron chi connectivity index (χ1n) is 11.1. The van der Waals surface area contributed by atoms with Gasteiger partial charge < -0.3 is 24.4 Å². The molecule has 3 aromatic rings. The molecule has 0 aliphatic carbocycles. The Morgan fingerprint density at radius 1 is 1.00 bits per heavy atom. The Balaban J connectivity index is 1.29. The maximum atomic E-state index is 11.5. The number of nitrogens with one attached hydrogen (secondary N) is 1. The van der Waals surface area contributed by atoms with Gasteiger partial charge in [-0.3, -0.25) is 0 Å². The Labute approximate surface area is 199 Å². The van der Waals surface area contributed by atoms with Gasteiger partial charge in [0.05, 0.1) is 36.6 Å². The molecule has 0 aliphatic heterocycles. The third-order valence-electron chi connectivity index (χ3n) is 4.71. The molecular weight excluding hydrogens is 438 g/mol. The van der Waals surface area contributed by atoms with E-state index < -0.39 is 11.7 Å². The number of hydrogen-bond acceptors (Lipinski definition) is 7. The number of nitrogens with zero attached hydrogens (tertiary/aromatic N) is 2. The summed E-state index contributed by atoms with van der Waals surface area (Å²) >= 11 is 1.71. The van der Waals surface area contributed by atoms with Crippen LogP contribution >= 0.6 is 11.3 Å². The number of hydrogen-bond donors (Lipinski definition) is 1. The van der Waals surface area contributed by atoms with Crippen molar-refractivity contribution in [2.75, 3.05) is 51.5 Å². The molecule has 0 bridgehead atoms. The van der Waals surface area contributed by atoms with E-state index in [0.29, 0.717) is 33.0 Å². The molecule has 1 aromatic heterocycles. The van der Waals surface area contributed by atoms with Crippen LogP contribution in [-0.4, -0.2) is 63.2 Å². The molecule has 1 heterocycles. The average molecular weight is 472 g/mol. The van der Waals surface area contributed by atoms with Crippen molar-refractivity contribution in [2.45, 2.75) is 26.4 Å². The Hall–Kier alpha value is -2.68. The molecule has 1 amide bonds. The van der Waals surface area contributed by atoms with Gasteiger partial charge in [-0.05, 0) is 57.2 Å². The van der Waals surface area contributed by atoms with Crippen molar-refractivity contribution in [2.24, 2.45) is 0 Å². The number of carbonyl (C=O) groups is 1. The molecule has 0 saturated carbocycles. The van der Waals surface area contributed by atoms with Gasteiger partial charge in [-0.25, -0.2) is 9.78 Å². The van der Waals surface area contributed by atoms with E-state index in [9.17, 15) is 4.79 Å². The molecule has 0 saturated heterocycles. The van der Waals surface area contributed by atoms with Crippen molar-refractivity contribution in [3.8, 4) is 10.6 Å². The van der Waals surface area contributed by atoms with Crippen LogP contribution in [0.15, 0.2) is 48.5 Å². The summed E-state index contributed by atoms with van der Waals surface area (Å²) in [6.07, 6.45) is -0.432. The van der Waals surface area contributed by atoms with Gasteiger partial charge in [0.15, 0.2) is 0 Å². The maximum Gasteiger partial charge on any atom is 0.407 e. The van der Waals surface area contributed by atoms with Crippen LogP contribution in [0, 0.1) is 0 Å². The summed E-state index contributed by atoms with van der Waals surface area (Å²) in [5.74, 6) is 0. The number of anilines is 1.